The molecule has 0 atom stereocenters. The molecule has 0 spiro atoms. The highest BCUT2D eigenvalue weighted by molar-refractivity contribution is 5.79. The van der Waals surface area contributed by atoms with Crippen LogP contribution in [0.2, 0.25) is 0 Å². The Morgan fingerprint density at radius 3 is 2.71 bits per heavy atom. The van der Waals surface area contributed by atoms with Gasteiger partial charge >= 0.3 is 0 Å². The number of benzene rings is 2. The number of ether oxygens (including phenoxy) is 2. The Labute approximate surface area is 164 Å². The topological polar surface area (TPSA) is 38.8 Å². The van der Waals surface area contributed by atoms with Crippen molar-refractivity contribution < 1.29 is 18.7 Å². The van der Waals surface area contributed by atoms with Gasteiger partial charge < -0.3 is 14.4 Å². The van der Waals surface area contributed by atoms with Crippen LogP contribution >= 0.6 is 0 Å². The van der Waals surface area contributed by atoms with Gasteiger partial charge in [-0.2, -0.15) is 0 Å². The Morgan fingerprint density at radius 2 is 1.89 bits per heavy atom. The van der Waals surface area contributed by atoms with Crippen LogP contribution in [-0.4, -0.2) is 37.1 Å². The quantitative estimate of drug-likeness (QED) is 0.815. The maximum atomic E-state index is 13.9. The van der Waals surface area contributed by atoms with Crippen LogP contribution in [-0.2, 0) is 24.1 Å². The van der Waals surface area contributed by atoms with Crippen LogP contribution in [0, 0.1) is 5.82 Å². The zero-order valence-corrected chi connectivity index (χ0v) is 15.9. The van der Waals surface area contributed by atoms with Crippen molar-refractivity contribution >= 4 is 5.91 Å². The molecule has 0 aromatic heterocycles. The minimum Gasteiger partial charge on any atom is -0.493 e. The lowest BCUT2D eigenvalue weighted by atomic mass is 9.83. The largest absolute Gasteiger partial charge is 0.493 e. The molecule has 2 aromatic carbocycles. The molecule has 5 rings (SSSR count). The van der Waals surface area contributed by atoms with E-state index in [1.54, 1.807) is 18.2 Å². The average Bonchev–Trinajstić information content (AvgIpc) is 3.37. The summed E-state index contributed by atoms with van der Waals surface area (Å²) in [7, 11) is 0. The second-order valence-corrected chi connectivity index (χ2v) is 7.88. The molecule has 3 aliphatic heterocycles. The summed E-state index contributed by atoms with van der Waals surface area (Å²) in [4.78, 5) is 14.5. The van der Waals surface area contributed by atoms with Crippen molar-refractivity contribution in [2.45, 2.75) is 38.0 Å². The van der Waals surface area contributed by atoms with Crippen LogP contribution in [0.1, 0.15) is 41.0 Å². The third kappa shape index (κ3) is 3.03. The van der Waals surface area contributed by atoms with Gasteiger partial charge in [-0.3, -0.25) is 4.79 Å². The number of hydrogen-bond acceptors (Lipinski definition) is 3. The van der Waals surface area contributed by atoms with E-state index in [4.69, 9.17) is 9.47 Å². The number of hydrogen-bond donors (Lipinski definition) is 0. The lowest BCUT2D eigenvalue weighted by Gasteiger charge is -2.33. The number of fused-ring (bicyclic) bond motifs is 2. The highest BCUT2D eigenvalue weighted by Gasteiger charge is 2.33. The minimum absolute atomic E-state index is 0.00616. The summed E-state index contributed by atoms with van der Waals surface area (Å²) in [5.74, 6) is 2.18. The van der Waals surface area contributed by atoms with Crippen molar-refractivity contribution in [3.63, 3.8) is 0 Å². The molecule has 0 aliphatic carbocycles. The molecule has 146 valence electrons. The number of nitrogens with zero attached hydrogens (tertiary/aromatic N) is 1. The smallest absolute Gasteiger partial charge is 0.227 e. The summed E-state index contributed by atoms with van der Waals surface area (Å²) in [5.41, 5.74) is 4.35. The molecule has 0 bridgehead atoms. The normalized spacial score (nSPS) is 18.4. The van der Waals surface area contributed by atoms with E-state index in [0.29, 0.717) is 24.6 Å². The Kier molecular flexibility index (Phi) is 4.46. The number of halogens is 1. The highest BCUT2D eigenvalue weighted by atomic mass is 19.1. The zero-order valence-electron chi connectivity index (χ0n) is 15.9. The van der Waals surface area contributed by atoms with Crippen LogP contribution in [0.4, 0.5) is 4.39 Å². The Balaban J connectivity index is 1.31. The van der Waals surface area contributed by atoms with E-state index in [1.807, 2.05) is 4.90 Å². The van der Waals surface area contributed by atoms with Gasteiger partial charge in [0.1, 0.15) is 17.3 Å². The number of amides is 1. The summed E-state index contributed by atoms with van der Waals surface area (Å²) in [6.45, 7) is 2.89. The van der Waals surface area contributed by atoms with Crippen LogP contribution < -0.4 is 9.47 Å². The monoisotopic (exact) mass is 381 g/mol. The van der Waals surface area contributed by atoms with Crippen LogP contribution in [0.3, 0.4) is 0 Å². The fourth-order valence-corrected chi connectivity index (χ4v) is 4.79. The standard InChI is InChI=1S/C23H24FNO3/c24-19-4-2-1-3-16(19)14-21(26)25-9-5-15(6-10-25)22-18-8-12-27-20(18)13-17-7-11-28-23(17)22/h1-4,13,15H,5-12,14H2. The number of rotatable bonds is 3. The SMILES string of the molecule is O=C(Cc1ccccc1F)N1CCC(c2c3c(cc4c2OCC4)OCC3)CC1. The Hall–Kier alpha value is -2.56. The molecule has 2 aromatic rings. The van der Waals surface area contributed by atoms with E-state index in [1.165, 1.54) is 22.8 Å². The maximum absolute atomic E-state index is 13.9. The molecular formula is C23H24FNO3. The molecule has 1 fully saturated rings. The first-order valence-electron chi connectivity index (χ1n) is 10.2. The van der Waals surface area contributed by atoms with Gasteiger partial charge in [-0.25, -0.2) is 4.39 Å². The van der Waals surface area contributed by atoms with E-state index in [0.717, 1.165) is 50.4 Å². The predicted molar refractivity (Wildman–Crippen MR) is 103 cm³/mol. The number of piperidine rings is 1. The maximum Gasteiger partial charge on any atom is 0.227 e. The molecule has 0 unspecified atom stereocenters. The fraction of sp³-hybridized carbons (Fsp3) is 0.435. The molecule has 3 heterocycles. The van der Waals surface area contributed by atoms with E-state index in [9.17, 15) is 9.18 Å². The van der Waals surface area contributed by atoms with Gasteiger partial charge in [0.25, 0.3) is 0 Å². The Bertz CT molecular complexity index is 886. The van der Waals surface area contributed by atoms with Gasteiger partial charge in [-0.1, -0.05) is 18.2 Å². The second-order valence-electron chi connectivity index (χ2n) is 7.88. The van der Waals surface area contributed by atoms with E-state index in [-0.39, 0.29) is 18.1 Å². The first kappa shape index (κ1) is 17.5. The fourth-order valence-electron chi connectivity index (χ4n) is 4.79. The van der Waals surface area contributed by atoms with Crippen molar-refractivity contribution in [2.24, 2.45) is 0 Å². The van der Waals surface area contributed by atoms with Crippen LogP contribution in [0.5, 0.6) is 11.5 Å². The lowest BCUT2D eigenvalue weighted by Crippen LogP contribution is -2.39. The van der Waals surface area contributed by atoms with Crippen LogP contribution in [0.25, 0.3) is 0 Å². The summed E-state index contributed by atoms with van der Waals surface area (Å²) in [5, 5.41) is 0. The average molecular weight is 381 g/mol. The summed E-state index contributed by atoms with van der Waals surface area (Å²) >= 11 is 0. The van der Waals surface area contributed by atoms with Crippen LogP contribution in [0.15, 0.2) is 30.3 Å². The van der Waals surface area contributed by atoms with Crippen molar-refractivity contribution in [1.82, 2.24) is 4.90 Å². The number of likely N-dealkylation sites (tertiary alicyclic amines) is 1. The lowest BCUT2D eigenvalue weighted by molar-refractivity contribution is -0.131. The summed E-state index contributed by atoms with van der Waals surface area (Å²) in [6, 6.07) is 8.68. The van der Waals surface area contributed by atoms with Gasteiger partial charge in [-0.15, -0.1) is 0 Å². The third-order valence-corrected chi connectivity index (χ3v) is 6.25. The number of carbonyl (C=O) groups excluding carboxylic acids is 1. The van der Waals surface area contributed by atoms with E-state index < -0.39 is 0 Å². The Morgan fingerprint density at radius 1 is 1.11 bits per heavy atom. The summed E-state index contributed by atoms with van der Waals surface area (Å²) in [6.07, 6.45) is 3.83. The molecule has 0 N–H and O–H groups in total. The van der Waals surface area contributed by atoms with Gasteiger partial charge in [0.15, 0.2) is 0 Å². The molecule has 0 radical (unpaired) electrons. The van der Waals surface area contributed by atoms with Gasteiger partial charge in [-0.05, 0) is 36.5 Å². The molecule has 0 saturated carbocycles. The summed E-state index contributed by atoms with van der Waals surface area (Å²) < 4.78 is 25.7. The van der Waals surface area contributed by atoms with Gasteiger partial charge in [0.2, 0.25) is 5.91 Å². The van der Waals surface area contributed by atoms with Gasteiger partial charge in [0.05, 0.1) is 19.6 Å². The molecule has 1 amide bonds. The van der Waals surface area contributed by atoms with Crippen molar-refractivity contribution in [1.29, 1.82) is 0 Å². The second kappa shape index (κ2) is 7.12. The van der Waals surface area contributed by atoms with Crippen molar-refractivity contribution in [3.05, 3.63) is 58.4 Å². The molecular weight excluding hydrogens is 357 g/mol. The predicted octanol–water partition coefficient (Wildman–Crippen LogP) is 3.64. The highest BCUT2D eigenvalue weighted by Crippen LogP contribution is 2.46. The number of carbonyl (C=O) groups is 1. The minimum atomic E-state index is -0.307. The molecule has 4 nitrogen and oxygen atoms in total. The van der Waals surface area contributed by atoms with Crippen molar-refractivity contribution in [3.8, 4) is 11.5 Å². The molecule has 5 heteroatoms. The zero-order chi connectivity index (χ0) is 19.1. The van der Waals surface area contributed by atoms with E-state index in [2.05, 4.69) is 6.07 Å². The molecule has 3 aliphatic rings. The third-order valence-electron chi connectivity index (χ3n) is 6.25. The van der Waals surface area contributed by atoms with Crippen molar-refractivity contribution in [2.75, 3.05) is 26.3 Å². The van der Waals surface area contributed by atoms with E-state index >= 15 is 0 Å². The first-order chi connectivity index (χ1) is 13.7. The molecule has 28 heavy (non-hydrogen) atoms. The van der Waals surface area contributed by atoms with Gasteiger partial charge in [0, 0.05) is 42.6 Å². The molecule has 1 saturated heterocycles. The first-order valence-corrected chi connectivity index (χ1v) is 10.2.